The number of rotatable bonds is 8. The molecule has 0 saturated heterocycles. The third-order valence-corrected chi connectivity index (χ3v) is 7.05. The first-order chi connectivity index (χ1) is 19.3. The summed E-state index contributed by atoms with van der Waals surface area (Å²) in [7, 11) is 1.53. The van der Waals surface area contributed by atoms with E-state index in [1.165, 1.54) is 39.2 Å². The van der Waals surface area contributed by atoms with Gasteiger partial charge in [-0.25, -0.2) is 4.79 Å². The van der Waals surface area contributed by atoms with Crippen LogP contribution in [0.25, 0.3) is 33.1 Å². The molecule has 0 atom stereocenters. The Hall–Kier alpha value is -4.38. The van der Waals surface area contributed by atoms with Crippen LogP contribution in [0.4, 0.5) is 13.2 Å². The Morgan fingerprint density at radius 1 is 1.00 bits per heavy atom. The summed E-state index contributed by atoms with van der Waals surface area (Å²) in [5.74, 6) is -0.697. The van der Waals surface area contributed by atoms with Crippen molar-refractivity contribution in [1.82, 2.24) is 9.72 Å². The average molecular weight is 589 g/mol. The van der Waals surface area contributed by atoms with Crippen LogP contribution in [0.5, 0.6) is 17.2 Å². The minimum atomic E-state index is -4.88. The van der Waals surface area contributed by atoms with Gasteiger partial charge in [-0.1, -0.05) is 16.8 Å². The number of benzene rings is 3. The van der Waals surface area contributed by atoms with Gasteiger partial charge in [0.1, 0.15) is 22.9 Å². The van der Waals surface area contributed by atoms with Crippen molar-refractivity contribution in [2.24, 2.45) is 0 Å². The predicted octanol–water partition coefficient (Wildman–Crippen LogP) is 7.61. The van der Waals surface area contributed by atoms with Gasteiger partial charge >= 0.3 is 12.3 Å². The van der Waals surface area contributed by atoms with E-state index in [9.17, 15) is 23.1 Å². The molecule has 2 aromatic heterocycles. The van der Waals surface area contributed by atoms with Crippen LogP contribution in [0.2, 0.25) is 5.02 Å². The fraction of sp³-hybridized carbons (Fsp3) is 0.241. The second kappa shape index (κ2) is 10.2. The molecule has 2 heterocycles. The molecule has 214 valence electrons. The van der Waals surface area contributed by atoms with E-state index in [4.69, 9.17) is 25.6 Å². The summed E-state index contributed by atoms with van der Waals surface area (Å²) in [6.45, 7) is 4.76. The van der Waals surface area contributed by atoms with Crippen LogP contribution in [0.3, 0.4) is 0 Å². The van der Waals surface area contributed by atoms with Gasteiger partial charge in [0, 0.05) is 40.3 Å². The number of aliphatic carboxylic acids is 1. The molecule has 0 aliphatic rings. The monoisotopic (exact) mass is 588 g/mol. The summed E-state index contributed by atoms with van der Waals surface area (Å²) in [5.41, 5.74) is 1.77. The van der Waals surface area contributed by atoms with Crippen molar-refractivity contribution >= 4 is 39.4 Å². The summed E-state index contributed by atoms with van der Waals surface area (Å²) in [6.07, 6.45) is -4.88. The standard InChI is InChI=1S/C29H24ClF3N2O6/c1-15-25(26-21-9-5-17(38-4)13-24(21)41-34-26)20-8-6-19(40-29(31,32)33)12-23(20)35(15)14-16-11-18(7-10-22(16)30)39-28(2,3)27(36)37/h5-13H,14H2,1-4H3,(H,36,37). The number of carbonyl (C=O) groups is 1. The Bertz CT molecular complexity index is 1790. The highest BCUT2D eigenvalue weighted by atomic mass is 35.5. The third-order valence-electron chi connectivity index (χ3n) is 6.68. The molecule has 1 N–H and O–H groups in total. The minimum Gasteiger partial charge on any atom is -0.497 e. The number of hydrogen-bond acceptors (Lipinski definition) is 6. The van der Waals surface area contributed by atoms with Gasteiger partial charge in [-0.15, -0.1) is 13.2 Å². The van der Waals surface area contributed by atoms with E-state index in [1.54, 1.807) is 41.0 Å². The molecule has 3 aromatic carbocycles. The van der Waals surface area contributed by atoms with Gasteiger partial charge in [0.05, 0.1) is 18.0 Å². The number of aromatic nitrogens is 2. The highest BCUT2D eigenvalue weighted by Gasteiger charge is 2.32. The fourth-order valence-corrected chi connectivity index (χ4v) is 4.80. The number of alkyl halides is 3. The van der Waals surface area contributed by atoms with Crippen molar-refractivity contribution < 1.29 is 41.8 Å². The van der Waals surface area contributed by atoms with Crippen LogP contribution in [-0.4, -0.2) is 39.9 Å². The lowest BCUT2D eigenvalue weighted by molar-refractivity contribution is -0.274. The lowest BCUT2D eigenvalue weighted by Crippen LogP contribution is -2.37. The number of halogens is 4. The van der Waals surface area contributed by atoms with Crippen LogP contribution >= 0.6 is 11.6 Å². The zero-order chi connectivity index (χ0) is 29.7. The number of ether oxygens (including phenoxy) is 3. The highest BCUT2D eigenvalue weighted by Crippen LogP contribution is 2.41. The lowest BCUT2D eigenvalue weighted by Gasteiger charge is -2.22. The molecular formula is C29H24ClF3N2O6. The normalized spacial score (nSPS) is 12.2. The Labute approximate surface area is 236 Å². The maximum Gasteiger partial charge on any atom is 0.573 e. The van der Waals surface area contributed by atoms with Gasteiger partial charge < -0.3 is 28.4 Å². The third kappa shape index (κ3) is 5.49. The summed E-state index contributed by atoms with van der Waals surface area (Å²) >= 11 is 6.52. The van der Waals surface area contributed by atoms with Crippen molar-refractivity contribution in [1.29, 1.82) is 0 Å². The molecule has 0 fully saturated rings. The predicted molar refractivity (Wildman–Crippen MR) is 146 cm³/mol. The number of carboxylic acids is 1. The first kappa shape index (κ1) is 28.2. The fourth-order valence-electron chi connectivity index (χ4n) is 4.63. The number of methoxy groups -OCH3 is 1. The first-order valence-corrected chi connectivity index (χ1v) is 12.7. The summed E-state index contributed by atoms with van der Waals surface area (Å²) in [5, 5.41) is 15.4. The van der Waals surface area contributed by atoms with Crippen molar-refractivity contribution in [3.05, 3.63) is 70.9 Å². The maximum absolute atomic E-state index is 13.1. The minimum absolute atomic E-state index is 0.116. The van der Waals surface area contributed by atoms with Gasteiger partial charge in [-0.05, 0) is 68.8 Å². The first-order valence-electron chi connectivity index (χ1n) is 12.3. The Morgan fingerprint density at radius 3 is 2.34 bits per heavy atom. The number of nitrogens with zero attached hydrogens (tertiary/aromatic N) is 2. The van der Waals surface area contributed by atoms with E-state index < -0.39 is 23.7 Å². The number of carboxylic acid groups (broad SMARTS) is 1. The van der Waals surface area contributed by atoms with E-state index >= 15 is 0 Å². The Kier molecular flexibility index (Phi) is 7.02. The summed E-state index contributed by atoms with van der Waals surface area (Å²) in [4.78, 5) is 11.6. The molecule has 41 heavy (non-hydrogen) atoms. The topological polar surface area (TPSA) is 96.0 Å². The molecule has 0 unspecified atom stereocenters. The molecule has 0 saturated carbocycles. The SMILES string of the molecule is COc1ccc2c(-c3c(C)n(Cc4cc(OC(C)(C)C(=O)O)ccc4Cl)c4cc(OC(F)(F)F)ccc34)noc2c1. The van der Waals surface area contributed by atoms with Crippen molar-refractivity contribution in [3.63, 3.8) is 0 Å². The maximum atomic E-state index is 13.1. The average Bonchev–Trinajstić information content (AvgIpc) is 3.42. The second-order valence-corrected chi connectivity index (χ2v) is 10.2. The lowest BCUT2D eigenvalue weighted by atomic mass is 10.0. The molecule has 5 aromatic rings. The molecule has 8 nitrogen and oxygen atoms in total. The van der Waals surface area contributed by atoms with Crippen LogP contribution < -0.4 is 14.2 Å². The number of hydrogen-bond donors (Lipinski definition) is 1. The van der Waals surface area contributed by atoms with E-state index in [1.807, 2.05) is 6.92 Å². The van der Waals surface area contributed by atoms with E-state index in [2.05, 4.69) is 9.89 Å². The molecule has 0 bridgehead atoms. The molecule has 0 aliphatic heterocycles. The van der Waals surface area contributed by atoms with E-state index in [-0.39, 0.29) is 12.3 Å². The molecule has 0 radical (unpaired) electrons. The van der Waals surface area contributed by atoms with Crippen LogP contribution in [0.15, 0.2) is 59.1 Å². The van der Waals surface area contributed by atoms with Gasteiger partial charge in [0.15, 0.2) is 11.2 Å². The summed E-state index contributed by atoms with van der Waals surface area (Å²) in [6, 6.07) is 14.1. The molecule has 0 amide bonds. The Morgan fingerprint density at radius 2 is 1.66 bits per heavy atom. The molecular weight excluding hydrogens is 565 g/mol. The molecule has 5 rings (SSSR count). The quantitative estimate of drug-likeness (QED) is 0.199. The molecule has 0 aliphatic carbocycles. The largest absolute Gasteiger partial charge is 0.573 e. The van der Waals surface area contributed by atoms with E-state index in [0.717, 1.165) is 0 Å². The van der Waals surface area contributed by atoms with Crippen molar-refractivity contribution in [2.75, 3.05) is 7.11 Å². The van der Waals surface area contributed by atoms with Gasteiger partial charge in [-0.2, -0.15) is 0 Å². The zero-order valence-corrected chi connectivity index (χ0v) is 23.1. The summed E-state index contributed by atoms with van der Waals surface area (Å²) < 4.78 is 61.8. The Balaban J connectivity index is 1.67. The number of fused-ring (bicyclic) bond motifs is 2. The van der Waals surface area contributed by atoms with E-state index in [0.29, 0.717) is 55.2 Å². The van der Waals surface area contributed by atoms with Crippen LogP contribution in [0.1, 0.15) is 25.1 Å². The van der Waals surface area contributed by atoms with Crippen molar-refractivity contribution in [3.8, 4) is 28.5 Å². The van der Waals surface area contributed by atoms with Crippen LogP contribution in [0, 0.1) is 6.92 Å². The second-order valence-electron chi connectivity index (χ2n) is 9.84. The van der Waals surface area contributed by atoms with Crippen LogP contribution in [-0.2, 0) is 11.3 Å². The molecule has 0 spiro atoms. The highest BCUT2D eigenvalue weighted by molar-refractivity contribution is 6.31. The zero-order valence-electron chi connectivity index (χ0n) is 22.3. The van der Waals surface area contributed by atoms with Crippen molar-refractivity contribution in [2.45, 2.75) is 39.3 Å². The molecule has 12 heteroatoms. The van der Waals surface area contributed by atoms with Gasteiger partial charge in [0.2, 0.25) is 0 Å². The smallest absolute Gasteiger partial charge is 0.497 e. The van der Waals surface area contributed by atoms with Gasteiger partial charge in [0.25, 0.3) is 0 Å². The van der Waals surface area contributed by atoms with Gasteiger partial charge in [-0.3, -0.25) is 0 Å².